The minimum absolute atomic E-state index is 0.0611. The Kier molecular flexibility index (Phi) is 9.53. The maximum absolute atomic E-state index is 13.1. The molecule has 0 bridgehead atoms. The third kappa shape index (κ3) is 7.76. The first-order chi connectivity index (χ1) is 20.3. The van der Waals surface area contributed by atoms with Crippen LogP contribution in [0.2, 0.25) is 5.02 Å². The van der Waals surface area contributed by atoms with Crippen LogP contribution in [0.4, 0.5) is 11.4 Å². The van der Waals surface area contributed by atoms with Crippen LogP contribution in [0.3, 0.4) is 0 Å². The van der Waals surface area contributed by atoms with E-state index in [-0.39, 0.29) is 29.9 Å². The Balaban J connectivity index is 1.21. The maximum atomic E-state index is 13.1. The van der Waals surface area contributed by atoms with Crippen molar-refractivity contribution in [1.82, 2.24) is 10.3 Å². The van der Waals surface area contributed by atoms with Gasteiger partial charge in [0, 0.05) is 22.0 Å². The minimum Gasteiger partial charge on any atom is -0.345 e. The molecule has 0 saturated heterocycles. The molecule has 5 rings (SSSR count). The highest BCUT2D eigenvalue weighted by molar-refractivity contribution is 8.01. The highest BCUT2D eigenvalue weighted by Crippen LogP contribution is 2.32. The number of hydrogen-bond donors (Lipinski definition) is 3. The Labute approximate surface area is 256 Å². The molecule has 1 atom stereocenters. The number of nitrogens with one attached hydrogen (secondary N) is 3. The number of nitrogens with zero attached hydrogens (tertiary/aromatic N) is 1. The molecule has 0 unspecified atom stereocenters. The molecule has 1 aromatic heterocycles. The van der Waals surface area contributed by atoms with E-state index in [2.05, 4.69) is 20.9 Å². The fourth-order valence-electron chi connectivity index (χ4n) is 4.25. The van der Waals surface area contributed by atoms with E-state index in [1.54, 1.807) is 42.5 Å². The number of amides is 3. The summed E-state index contributed by atoms with van der Waals surface area (Å²) in [5.74, 6) is -0.427. The molecule has 7 nitrogen and oxygen atoms in total. The van der Waals surface area contributed by atoms with Crippen LogP contribution in [0.1, 0.15) is 33.9 Å². The highest BCUT2D eigenvalue weighted by Gasteiger charge is 2.20. The number of aryl methyl sites for hydroxylation is 1. The molecule has 3 amide bonds. The summed E-state index contributed by atoms with van der Waals surface area (Å²) in [6, 6.07) is 28.7. The zero-order valence-electron chi connectivity index (χ0n) is 22.6. The van der Waals surface area contributed by atoms with Crippen molar-refractivity contribution in [3.63, 3.8) is 0 Å². The molecule has 5 aromatic rings. The summed E-state index contributed by atoms with van der Waals surface area (Å²) in [7, 11) is 0. The largest absolute Gasteiger partial charge is 0.345 e. The van der Waals surface area contributed by atoms with Gasteiger partial charge in [-0.15, -0.1) is 11.3 Å². The second-order valence-corrected chi connectivity index (χ2v) is 12.2. The number of halogens is 1. The standard InChI is InChI=1S/C32H27ClN4O3S2/c1-20-12-13-23(33)16-26(20)35-30(39)19-41-32-37-25-15-14-24(17-28(25)42-32)34-29(38)18-27(21-8-4-2-5-9-21)36-31(40)22-10-6-3-7-11-22/h2-17,27H,18-19H2,1H3,(H,34,38)(H,35,39)(H,36,40)/t27-/m1/s1. The van der Waals surface area contributed by atoms with Gasteiger partial charge in [-0.2, -0.15) is 0 Å². The van der Waals surface area contributed by atoms with Gasteiger partial charge < -0.3 is 16.0 Å². The van der Waals surface area contributed by atoms with E-state index in [1.165, 1.54) is 23.1 Å². The molecule has 10 heteroatoms. The van der Waals surface area contributed by atoms with Crippen molar-refractivity contribution in [2.75, 3.05) is 16.4 Å². The second kappa shape index (κ2) is 13.7. The fraction of sp³-hybridized carbons (Fsp3) is 0.125. The van der Waals surface area contributed by atoms with E-state index in [1.807, 2.05) is 61.5 Å². The number of carbonyl (C=O) groups excluding carboxylic acids is 3. The number of thiazole rings is 1. The lowest BCUT2D eigenvalue weighted by atomic mass is 10.0. The van der Waals surface area contributed by atoms with Crippen molar-refractivity contribution in [1.29, 1.82) is 0 Å². The zero-order chi connectivity index (χ0) is 29.5. The molecular formula is C32H27ClN4O3S2. The summed E-state index contributed by atoms with van der Waals surface area (Å²) < 4.78 is 1.64. The maximum Gasteiger partial charge on any atom is 0.251 e. The SMILES string of the molecule is Cc1ccc(Cl)cc1NC(=O)CSc1nc2ccc(NC(=O)C[C@@H](NC(=O)c3ccccc3)c3ccccc3)cc2s1. The predicted octanol–water partition coefficient (Wildman–Crippen LogP) is 7.49. The van der Waals surface area contributed by atoms with Gasteiger partial charge in [-0.3, -0.25) is 14.4 Å². The molecule has 42 heavy (non-hydrogen) atoms. The number of carbonyl (C=O) groups is 3. The predicted molar refractivity (Wildman–Crippen MR) is 172 cm³/mol. The Bertz CT molecular complexity index is 1730. The molecule has 0 radical (unpaired) electrons. The average molecular weight is 615 g/mol. The van der Waals surface area contributed by atoms with Crippen LogP contribution in [0.5, 0.6) is 0 Å². The molecule has 0 aliphatic heterocycles. The Morgan fingerprint density at radius 1 is 0.881 bits per heavy atom. The van der Waals surface area contributed by atoms with Gasteiger partial charge in [-0.05, 0) is 60.5 Å². The summed E-state index contributed by atoms with van der Waals surface area (Å²) in [6.45, 7) is 1.91. The molecule has 0 spiro atoms. The number of fused-ring (bicyclic) bond motifs is 1. The molecule has 1 heterocycles. The zero-order valence-corrected chi connectivity index (χ0v) is 25.0. The van der Waals surface area contributed by atoms with Crippen LogP contribution in [-0.2, 0) is 9.59 Å². The van der Waals surface area contributed by atoms with E-state index < -0.39 is 6.04 Å². The third-order valence-corrected chi connectivity index (χ3v) is 8.78. The molecule has 212 valence electrons. The van der Waals surface area contributed by atoms with Gasteiger partial charge in [0.05, 0.1) is 28.4 Å². The van der Waals surface area contributed by atoms with Gasteiger partial charge in [0.15, 0.2) is 4.34 Å². The lowest BCUT2D eigenvalue weighted by molar-refractivity contribution is -0.116. The molecule has 0 saturated carbocycles. The Morgan fingerprint density at radius 2 is 1.62 bits per heavy atom. The monoisotopic (exact) mass is 614 g/mol. The van der Waals surface area contributed by atoms with Crippen molar-refractivity contribution in [2.45, 2.75) is 23.7 Å². The molecule has 0 aliphatic carbocycles. The number of benzene rings is 4. The third-order valence-electron chi connectivity index (χ3n) is 6.39. The minimum atomic E-state index is -0.504. The van der Waals surface area contributed by atoms with E-state index >= 15 is 0 Å². The van der Waals surface area contributed by atoms with Crippen LogP contribution in [0.15, 0.2) is 101 Å². The van der Waals surface area contributed by atoms with Gasteiger partial charge in [-0.1, -0.05) is 78.0 Å². The van der Waals surface area contributed by atoms with Crippen molar-refractivity contribution in [3.05, 3.63) is 119 Å². The van der Waals surface area contributed by atoms with Crippen molar-refractivity contribution >= 4 is 74.0 Å². The average Bonchev–Trinajstić information content (AvgIpc) is 3.41. The van der Waals surface area contributed by atoms with E-state index in [0.29, 0.717) is 22.0 Å². The Hall–Kier alpha value is -4.18. The van der Waals surface area contributed by atoms with Gasteiger partial charge in [0.2, 0.25) is 11.8 Å². The van der Waals surface area contributed by atoms with Crippen LogP contribution >= 0.6 is 34.7 Å². The van der Waals surface area contributed by atoms with Crippen LogP contribution < -0.4 is 16.0 Å². The summed E-state index contributed by atoms with van der Waals surface area (Å²) in [5.41, 5.74) is 4.39. The molecule has 0 aliphatic rings. The van der Waals surface area contributed by atoms with E-state index in [0.717, 1.165) is 25.7 Å². The van der Waals surface area contributed by atoms with Crippen molar-refractivity contribution in [2.24, 2.45) is 0 Å². The summed E-state index contributed by atoms with van der Waals surface area (Å²) in [4.78, 5) is 43.1. The number of aromatic nitrogens is 1. The molecular weight excluding hydrogens is 588 g/mol. The van der Waals surface area contributed by atoms with Crippen LogP contribution in [-0.4, -0.2) is 28.5 Å². The summed E-state index contributed by atoms with van der Waals surface area (Å²) >= 11 is 8.85. The van der Waals surface area contributed by atoms with Crippen molar-refractivity contribution in [3.8, 4) is 0 Å². The first-order valence-electron chi connectivity index (χ1n) is 13.1. The summed E-state index contributed by atoms with van der Waals surface area (Å²) in [5, 5.41) is 9.40. The van der Waals surface area contributed by atoms with Gasteiger partial charge >= 0.3 is 0 Å². The smallest absolute Gasteiger partial charge is 0.251 e. The highest BCUT2D eigenvalue weighted by atomic mass is 35.5. The number of anilines is 2. The van der Waals surface area contributed by atoms with Gasteiger partial charge in [-0.25, -0.2) is 4.98 Å². The van der Waals surface area contributed by atoms with Crippen molar-refractivity contribution < 1.29 is 14.4 Å². The lowest BCUT2D eigenvalue weighted by Gasteiger charge is -2.19. The number of rotatable bonds is 10. The molecule has 4 aromatic carbocycles. The first kappa shape index (κ1) is 29.3. The number of thioether (sulfide) groups is 1. The fourth-order valence-corrected chi connectivity index (χ4v) is 6.33. The second-order valence-electron chi connectivity index (χ2n) is 9.51. The topological polar surface area (TPSA) is 100 Å². The Morgan fingerprint density at radius 3 is 2.38 bits per heavy atom. The van der Waals surface area contributed by atoms with Crippen LogP contribution in [0.25, 0.3) is 10.2 Å². The van der Waals surface area contributed by atoms with Crippen LogP contribution in [0, 0.1) is 6.92 Å². The lowest BCUT2D eigenvalue weighted by Crippen LogP contribution is -2.31. The summed E-state index contributed by atoms with van der Waals surface area (Å²) in [6.07, 6.45) is 0.0611. The van der Waals surface area contributed by atoms with Gasteiger partial charge in [0.25, 0.3) is 5.91 Å². The first-order valence-corrected chi connectivity index (χ1v) is 15.3. The molecule has 3 N–H and O–H groups in total. The molecule has 0 fully saturated rings. The van der Waals surface area contributed by atoms with E-state index in [4.69, 9.17) is 11.6 Å². The van der Waals surface area contributed by atoms with Gasteiger partial charge in [0.1, 0.15) is 0 Å². The number of hydrogen-bond acceptors (Lipinski definition) is 6. The van der Waals surface area contributed by atoms with E-state index in [9.17, 15) is 14.4 Å². The quantitative estimate of drug-likeness (QED) is 0.142. The normalized spacial score (nSPS) is 11.6.